The zero-order valence-electron chi connectivity index (χ0n) is 40.2. The highest BCUT2D eigenvalue weighted by atomic mass is 16.3. The molecule has 0 saturated carbocycles. The quantitative estimate of drug-likeness (QED) is 0.144. The van der Waals surface area contributed by atoms with Crippen LogP contribution < -0.4 is 20.2 Å². The Bertz CT molecular complexity index is 4070. The maximum Gasteiger partial charge on any atom is 0.143 e. The smallest absolute Gasteiger partial charge is 0.143 e. The molecule has 14 rings (SSSR count). The van der Waals surface area contributed by atoms with Crippen molar-refractivity contribution < 1.29 is 4.42 Å². The van der Waals surface area contributed by atoms with E-state index in [1.165, 1.54) is 55.2 Å². The zero-order valence-corrected chi connectivity index (χ0v) is 40.2. The minimum absolute atomic E-state index is 0.246. The number of nitrogens with zero attached hydrogens (tertiary/aromatic N) is 2. The summed E-state index contributed by atoms with van der Waals surface area (Å²) in [5.74, 6) is 0.669. The molecule has 1 aliphatic heterocycles. The number of rotatable bonds is 9. The van der Waals surface area contributed by atoms with Gasteiger partial charge >= 0.3 is 0 Å². The van der Waals surface area contributed by atoms with E-state index in [-0.39, 0.29) is 6.04 Å². The molecule has 2 heterocycles. The van der Waals surface area contributed by atoms with Gasteiger partial charge in [-0.15, -0.1) is 0 Å². The molecule has 346 valence electrons. The average Bonchev–Trinajstić information content (AvgIpc) is 4.02. The van der Waals surface area contributed by atoms with Crippen LogP contribution >= 0.6 is 0 Å². The lowest BCUT2D eigenvalue weighted by atomic mass is 9.90. The second kappa shape index (κ2) is 17.9. The van der Waals surface area contributed by atoms with Gasteiger partial charge in [0.2, 0.25) is 0 Å². The van der Waals surface area contributed by atoms with Gasteiger partial charge in [-0.05, 0) is 116 Å². The van der Waals surface area contributed by atoms with Crippen molar-refractivity contribution in [2.75, 3.05) is 9.80 Å². The normalized spacial score (nSPS) is 16.4. The van der Waals surface area contributed by atoms with Crippen LogP contribution in [0.15, 0.2) is 265 Å². The van der Waals surface area contributed by atoms with E-state index in [1.807, 2.05) is 6.07 Å². The number of para-hydroxylation sites is 4. The first-order valence-electron chi connectivity index (χ1n) is 25.5. The Morgan fingerprint density at radius 1 is 0.411 bits per heavy atom. The van der Waals surface area contributed by atoms with Crippen molar-refractivity contribution in [3.63, 3.8) is 0 Å². The molecule has 3 atom stereocenters. The lowest BCUT2D eigenvalue weighted by Gasteiger charge is -2.30. The van der Waals surface area contributed by atoms with Crippen molar-refractivity contribution in [1.29, 1.82) is 0 Å². The molecular weight excluding hydrogens is 885 g/mol. The highest BCUT2D eigenvalue weighted by molar-refractivity contribution is 6.10. The third-order valence-electron chi connectivity index (χ3n) is 15.4. The maximum absolute atomic E-state index is 6.53. The van der Waals surface area contributed by atoms with Crippen LogP contribution in [0.25, 0.3) is 78.6 Å². The molecule has 3 aliphatic rings. The third-order valence-corrected chi connectivity index (χ3v) is 15.4. The summed E-state index contributed by atoms with van der Waals surface area (Å²) in [6.45, 7) is 0. The molecular formula is C70H50N2O. The second-order valence-corrected chi connectivity index (χ2v) is 19.5. The molecule has 3 heteroatoms. The molecule has 0 amide bonds. The van der Waals surface area contributed by atoms with Crippen LogP contribution in [0.1, 0.15) is 29.4 Å². The number of anilines is 5. The molecule has 10 aromatic carbocycles. The summed E-state index contributed by atoms with van der Waals surface area (Å²) in [7, 11) is 0. The Balaban J connectivity index is 0.794. The SMILES string of the molecule is C1=CC2c3ccccc3N(c3ccccc3-c3ccc(-c4ccc(N(c5ccc(-c6ccccc6-c6cccc7c6oc6ccccc67)cc5)c5ccc(C6C=c7ccccc7=CC6)cc5)cc4)cc3)C2C=C1. The summed E-state index contributed by atoms with van der Waals surface area (Å²) >= 11 is 0. The Hall–Kier alpha value is -9.18. The summed E-state index contributed by atoms with van der Waals surface area (Å²) in [5.41, 5.74) is 19.6. The first-order valence-corrected chi connectivity index (χ1v) is 25.5. The van der Waals surface area contributed by atoms with E-state index in [4.69, 9.17) is 4.42 Å². The fourth-order valence-electron chi connectivity index (χ4n) is 11.8. The van der Waals surface area contributed by atoms with E-state index in [0.29, 0.717) is 11.8 Å². The van der Waals surface area contributed by atoms with Gasteiger partial charge in [-0.25, -0.2) is 0 Å². The fraction of sp³-hybridized carbons (Fsp3) is 0.0571. The van der Waals surface area contributed by atoms with E-state index >= 15 is 0 Å². The molecule has 3 unspecified atom stereocenters. The van der Waals surface area contributed by atoms with Gasteiger partial charge in [0.25, 0.3) is 0 Å². The fourth-order valence-corrected chi connectivity index (χ4v) is 11.8. The maximum atomic E-state index is 6.53. The van der Waals surface area contributed by atoms with Gasteiger partial charge in [0, 0.05) is 62.2 Å². The number of hydrogen-bond acceptors (Lipinski definition) is 3. The summed E-state index contributed by atoms with van der Waals surface area (Å²) in [4.78, 5) is 4.91. The highest BCUT2D eigenvalue weighted by Crippen LogP contribution is 2.50. The van der Waals surface area contributed by atoms with Crippen molar-refractivity contribution >= 4 is 62.5 Å². The van der Waals surface area contributed by atoms with E-state index in [2.05, 4.69) is 277 Å². The molecule has 2 aliphatic carbocycles. The Labute approximate surface area is 425 Å². The van der Waals surface area contributed by atoms with E-state index in [0.717, 1.165) is 67.7 Å². The number of benzene rings is 10. The second-order valence-electron chi connectivity index (χ2n) is 19.5. The highest BCUT2D eigenvalue weighted by Gasteiger charge is 2.38. The predicted molar refractivity (Wildman–Crippen MR) is 306 cm³/mol. The molecule has 0 spiro atoms. The number of hydrogen-bond donors (Lipinski definition) is 0. The Kier molecular flexibility index (Phi) is 10.5. The monoisotopic (exact) mass is 934 g/mol. The molecule has 0 saturated heterocycles. The van der Waals surface area contributed by atoms with Gasteiger partial charge in [0.15, 0.2) is 0 Å². The Morgan fingerprint density at radius 3 is 1.74 bits per heavy atom. The van der Waals surface area contributed by atoms with Crippen LogP contribution in [0.5, 0.6) is 0 Å². The van der Waals surface area contributed by atoms with E-state index in [1.54, 1.807) is 0 Å². The Morgan fingerprint density at radius 2 is 0.959 bits per heavy atom. The van der Waals surface area contributed by atoms with E-state index < -0.39 is 0 Å². The largest absolute Gasteiger partial charge is 0.455 e. The van der Waals surface area contributed by atoms with Crippen LogP contribution in [0.3, 0.4) is 0 Å². The number of allylic oxidation sites excluding steroid dienone is 2. The van der Waals surface area contributed by atoms with Gasteiger partial charge in [-0.1, -0.05) is 218 Å². The third kappa shape index (κ3) is 7.52. The van der Waals surface area contributed by atoms with Gasteiger partial charge in [-0.3, -0.25) is 0 Å². The van der Waals surface area contributed by atoms with Crippen LogP contribution in [0, 0.1) is 0 Å². The molecule has 0 radical (unpaired) electrons. The number of furan rings is 1. The van der Waals surface area contributed by atoms with Gasteiger partial charge < -0.3 is 14.2 Å². The molecule has 0 bridgehead atoms. The minimum Gasteiger partial charge on any atom is -0.455 e. The van der Waals surface area contributed by atoms with Crippen molar-refractivity contribution in [3.8, 4) is 44.5 Å². The average molecular weight is 935 g/mol. The summed E-state index contributed by atoms with van der Waals surface area (Å²) in [6, 6.07) is 86.5. The first kappa shape index (κ1) is 42.7. The standard InChI is InChI=1S/C70H50N2O/c1-2-15-53-46-54(33-30-47(53)14-1)50-36-42-56(43-37-50)71(57-44-38-51(39-45-57)58-16-3-4-18-60(58)64-22-13-23-65-63-21-8-12-27-69(63)73-70(64)65)55-40-34-49(35-41-55)48-28-31-52(32-29-48)59-17-5-9-24-66(59)72-67-25-10-6-19-61(67)62-20-7-11-26-68(62)72/h1-32,34-46,54,61,67H,33H2. The van der Waals surface area contributed by atoms with Crippen molar-refractivity contribution in [2.45, 2.75) is 24.3 Å². The van der Waals surface area contributed by atoms with Gasteiger partial charge in [-0.2, -0.15) is 0 Å². The summed E-state index contributed by atoms with van der Waals surface area (Å²) in [5, 5.41) is 4.89. The molecule has 0 fully saturated rings. The molecule has 3 nitrogen and oxygen atoms in total. The van der Waals surface area contributed by atoms with E-state index in [9.17, 15) is 0 Å². The van der Waals surface area contributed by atoms with Crippen LogP contribution in [0.4, 0.5) is 28.4 Å². The van der Waals surface area contributed by atoms with Crippen molar-refractivity contribution in [1.82, 2.24) is 0 Å². The van der Waals surface area contributed by atoms with Crippen LogP contribution in [-0.4, -0.2) is 6.04 Å². The van der Waals surface area contributed by atoms with Crippen molar-refractivity contribution in [3.05, 3.63) is 282 Å². The van der Waals surface area contributed by atoms with Crippen LogP contribution in [0.2, 0.25) is 0 Å². The van der Waals surface area contributed by atoms with Crippen LogP contribution in [-0.2, 0) is 0 Å². The van der Waals surface area contributed by atoms with Gasteiger partial charge in [0.05, 0.1) is 6.04 Å². The minimum atomic E-state index is 0.246. The van der Waals surface area contributed by atoms with Crippen molar-refractivity contribution in [2.24, 2.45) is 0 Å². The zero-order chi connectivity index (χ0) is 48.2. The topological polar surface area (TPSA) is 19.6 Å². The summed E-state index contributed by atoms with van der Waals surface area (Å²) in [6.07, 6.45) is 14.9. The predicted octanol–water partition coefficient (Wildman–Crippen LogP) is 17.2. The molecule has 0 N–H and O–H groups in total. The molecule has 11 aromatic rings. The van der Waals surface area contributed by atoms with Gasteiger partial charge in [0.1, 0.15) is 11.2 Å². The molecule has 1 aromatic heterocycles. The lowest BCUT2D eigenvalue weighted by molar-refractivity contribution is 0.670. The summed E-state index contributed by atoms with van der Waals surface area (Å²) < 4.78 is 6.53. The molecule has 73 heavy (non-hydrogen) atoms. The first-order chi connectivity index (χ1) is 36.2. The lowest BCUT2D eigenvalue weighted by Crippen LogP contribution is -2.28. The number of fused-ring (bicyclic) bond motifs is 7.